The molecular formula is C50H25N7OS. The van der Waals surface area contributed by atoms with Crippen LogP contribution in [0.4, 0.5) is 22.7 Å². The molecular weight excluding hydrogens is 747 g/mol. The number of anilines is 3. The average Bonchev–Trinajstić information content (AvgIpc) is 3.77. The van der Waals surface area contributed by atoms with Crippen molar-refractivity contribution in [2.24, 2.45) is 0 Å². The fourth-order valence-electron chi connectivity index (χ4n) is 9.41. The highest BCUT2D eigenvalue weighted by Crippen LogP contribution is 2.64. The van der Waals surface area contributed by atoms with Gasteiger partial charge in [0.25, 0.3) is 0 Å². The SMILES string of the molecule is [C-]#[N+]c1ccc2c(c1)Sc1cc(C#N)ccc1N2c1cccc2c1Oc1ccccc1C21c2cccnc2-c2ncc(-n3c4ccccc4c4cc(C#N)ccc43)cc21. The molecule has 12 rings (SSSR count). The Morgan fingerprint density at radius 3 is 2.24 bits per heavy atom. The predicted octanol–water partition coefficient (Wildman–Crippen LogP) is 12.3. The summed E-state index contributed by atoms with van der Waals surface area (Å²) in [5.74, 6) is 1.40. The molecule has 0 radical (unpaired) electrons. The van der Waals surface area contributed by atoms with E-state index in [0.29, 0.717) is 22.6 Å². The number of aromatic nitrogens is 3. The molecule has 1 unspecified atom stereocenters. The molecule has 0 saturated heterocycles. The van der Waals surface area contributed by atoms with Gasteiger partial charge >= 0.3 is 0 Å². The number of hydrogen-bond acceptors (Lipinski definition) is 7. The van der Waals surface area contributed by atoms with E-state index >= 15 is 0 Å². The average molecular weight is 772 g/mol. The minimum absolute atomic E-state index is 0.541. The normalized spacial score (nSPS) is 15.2. The van der Waals surface area contributed by atoms with Crippen LogP contribution in [0.15, 0.2) is 162 Å². The molecule has 272 valence electrons. The summed E-state index contributed by atoms with van der Waals surface area (Å²) in [7, 11) is 0. The van der Waals surface area contributed by atoms with Crippen LogP contribution in [0.1, 0.15) is 33.4 Å². The molecule has 0 N–H and O–H groups in total. The summed E-state index contributed by atoms with van der Waals surface area (Å²) in [5.41, 5.74) is 11.8. The minimum atomic E-state index is -0.885. The summed E-state index contributed by atoms with van der Waals surface area (Å²) in [5, 5.41) is 21.7. The summed E-state index contributed by atoms with van der Waals surface area (Å²) < 4.78 is 9.35. The second-order valence-corrected chi connectivity index (χ2v) is 15.8. The van der Waals surface area contributed by atoms with E-state index in [0.717, 1.165) is 93.7 Å². The maximum atomic E-state index is 9.88. The molecule has 0 fully saturated rings. The van der Waals surface area contributed by atoms with Crippen molar-refractivity contribution in [2.45, 2.75) is 15.2 Å². The van der Waals surface area contributed by atoms with Crippen LogP contribution in [0, 0.1) is 29.2 Å². The molecule has 9 heteroatoms. The van der Waals surface area contributed by atoms with Gasteiger partial charge in [-0.05, 0) is 84.4 Å². The fourth-order valence-corrected chi connectivity index (χ4v) is 10.5. The number of nitriles is 2. The van der Waals surface area contributed by atoms with Gasteiger partial charge in [0.1, 0.15) is 5.75 Å². The van der Waals surface area contributed by atoms with E-state index in [4.69, 9.17) is 21.3 Å². The van der Waals surface area contributed by atoms with Crippen LogP contribution in [-0.4, -0.2) is 14.5 Å². The molecule has 5 heterocycles. The number of hydrogen-bond donors (Lipinski definition) is 0. The number of ether oxygens (including phenoxy) is 1. The van der Waals surface area contributed by atoms with Gasteiger partial charge < -0.3 is 14.2 Å². The Morgan fingerprint density at radius 2 is 1.36 bits per heavy atom. The molecule has 3 aliphatic rings. The number of para-hydroxylation sites is 3. The summed E-state index contributed by atoms with van der Waals surface area (Å²) >= 11 is 1.56. The van der Waals surface area contributed by atoms with E-state index in [9.17, 15) is 10.5 Å². The van der Waals surface area contributed by atoms with Gasteiger partial charge in [0.15, 0.2) is 11.4 Å². The Morgan fingerprint density at radius 1 is 0.627 bits per heavy atom. The Bertz CT molecular complexity index is 3410. The van der Waals surface area contributed by atoms with Gasteiger partial charge in [-0.1, -0.05) is 72.4 Å². The third kappa shape index (κ3) is 4.41. The van der Waals surface area contributed by atoms with Crippen molar-refractivity contribution in [3.8, 4) is 40.7 Å². The van der Waals surface area contributed by atoms with Crippen LogP contribution in [-0.2, 0) is 5.41 Å². The molecule has 2 aliphatic heterocycles. The molecule has 1 atom stereocenters. The molecule has 8 nitrogen and oxygen atoms in total. The lowest BCUT2D eigenvalue weighted by molar-refractivity contribution is 0.437. The van der Waals surface area contributed by atoms with E-state index in [1.807, 2.05) is 97.3 Å². The van der Waals surface area contributed by atoms with Gasteiger partial charge in [0.05, 0.1) is 86.6 Å². The molecule has 3 aromatic heterocycles. The Balaban J connectivity index is 1.16. The van der Waals surface area contributed by atoms with Crippen molar-refractivity contribution in [1.82, 2.24) is 14.5 Å². The number of nitrogens with zero attached hydrogens (tertiary/aromatic N) is 7. The van der Waals surface area contributed by atoms with Crippen LogP contribution in [0.3, 0.4) is 0 Å². The van der Waals surface area contributed by atoms with E-state index < -0.39 is 5.41 Å². The van der Waals surface area contributed by atoms with Crippen molar-refractivity contribution >= 4 is 56.3 Å². The van der Waals surface area contributed by atoms with Crippen LogP contribution < -0.4 is 9.64 Å². The van der Waals surface area contributed by atoms with Crippen LogP contribution >= 0.6 is 11.8 Å². The van der Waals surface area contributed by atoms with Crippen molar-refractivity contribution in [3.05, 3.63) is 197 Å². The summed E-state index contributed by atoms with van der Waals surface area (Å²) in [6, 6.07) is 51.2. The van der Waals surface area contributed by atoms with Gasteiger partial charge in [-0.15, -0.1) is 0 Å². The van der Waals surface area contributed by atoms with E-state index in [-0.39, 0.29) is 0 Å². The Kier molecular flexibility index (Phi) is 6.81. The molecule has 1 spiro atoms. The summed E-state index contributed by atoms with van der Waals surface area (Å²) in [6.45, 7) is 7.76. The van der Waals surface area contributed by atoms with Crippen molar-refractivity contribution < 1.29 is 4.74 Å². The van der Waals surface area contributed by atoms with Gasteiger partial charge in [-0.2, -0.15) is 10.5 Å². The standard InChI is InChI=1S/C50H25N7OS/c1-53-31-17-20-42-46(24-31)59-45-23-30(27-52)16-19-41(45)57(42)43-13-6-10-37-49(43)58-44-14-5-3-9-35(44)50(37)36-11-7-21-54-47(36)48-38(50)25-32(28-55-48)56-39-12-4-2-8-33(39)34-22-29(26-51)15-18-40(34)56/h2-25,28H. The van der Waals surface area contributed by atoms with Gasteiger partial charge in [-0.25, -0.2) is 4.85 Å². The number of benzene rings is 6. The number of fused-ring (bicyclic) bond motifs is 14. The van der Waals surface area contributed by atoms with E-state index in [1.54, 1.807) is 11.8 Å². The molecule has 6 aromatic carbocycles. The van der Waals surface area contributed by atoms with Gasteiger partial charge in [-0.3, -0.25) is 9.97 Å². The number of pyridine rings is 2. The second kappa shape index (κ2) is 12.2. The van der Waals surface area contributed by atoms with E-state index in [2.05, 4.69) is 81.0 Å². The van der Waals surface area contributed by atoms with Crippen molar-refractivity contribution in [1.29, 1.82) is 10.5 Å². The Labute approximate surface area is 342 Å². The third-order valence-electron chi connectivity index (χ3n) is 11.8. The lowest BCUT2D eigenvalue weighted by atomic mass is 9.66. The predicted molar refractivity (Wildman–Crippen MR) is 228 cm³/mol. The largest absolute Gasteiger partial charge is 0.454 e. The molecule has 9 aromatic rings. The highest BCUT2D eigenvalue weighted by Gasteiger charge is 2.53. The first-order chi connectivity index (χ1) is 29.1. The lowest BCUT2D eigenvalue weighted by Crippen LogP contribution is -2.33. The minimum Gasteiger partial charge on any atom is -0.454 e. The monoisotopic (exact) mass is 771 g/mol. The zero-order valence-electron chi connectivity index (χ0n) is 30.9. The lowest BCUT2D eigenvalue weighted by Gasteiger charge is -2.41. The molecule has 59 heavy (non-hydrogen) atoms. The van der Waals surface area contributed by atoms with Gasteiger partial charge in [0, 0.05) is 43.5 Å². The van der Waals surface area contributed by atoms with Crippen molar-refractivity contribution in [3.63, 3.8) is 0 Å². The first-order valence-electron chi connectivity index (χ1n) is 19.0. The zero-order valence-corrected chi connectivity index (χ0v) is 31.7. The van der Waals surface area contributed by atoms with Crippen molar-refractivity contribution in [2.75, 3.05) is 4.90 Å². The molecule has 0 bridgehead atoms. The molecule has 0 amide bonds. The highest BCUT2D eigenvalue weighted by molar-refractivity contribution is 7.99. The maximum Gasteiger partial charge on any atom is 0.188 e. The first kappa shape index (κ1) is 33.0. The third-order valence-corrected chi connectivity index (χ3v) is 12.9. The highest BCUT2D eigenvalue weighted by atomic mass is 32.2. The first-order valence-corrected chi connectivity index (χ1v) is 19.8. The topological polar surface area (TPSA) is 95.1 Å². The van der Waals surface area contributed by atoms with Gasteiger partial charge in [0.2, 0.25) is 0 Å². The van der Waals surface area contributed by atoms with Crippen LogP contribution in [0.5, 0.6) is 11.5 Å². The second-order valence-electron chi connectivity index (χ2n) is 14.7. The summed E-state index contributed by atoms with van der Waals surface area (Å²) in [4.78, 5) is 18.0. The zero-order chi connectivity index (χ0) is 39.4. The molecule has 1 aliphatic carbocycles. The molecule has 0 saturated carbocycles. The smallest absolute Gasteiger partial charge is 0.188 e. The number of rotatable bonds is 2. The summed E-state index contributed by atoms with van der Waals surface area (Å²) in [6.07, 6.45) is 3.75. The van der Waals surface area contributed by atoms with Crippen LogP contribution in [0.2, 0.25) is 0 Å². The van der Waals surface area contributed by atoms with E-state index in [1.165, 1.54) is 0 Å². The quantitative estimate of drug-likeness (QED) is 0.161. The fraction of sp³-hybridized carbons (Fsp3) is 0.0200. The van der Waals surface area contributed by atoms with Crippen LogP contribution in [0.25, 0.3) is 43.7 Å². The maximum absolute atomic E-state index is 9.88. The Hall–Kier alpha value is -8.16.